The average molecular weight is 347 g/mol. The molecule has 2 aromatic rings. The highest BCUT2D eigenvalue weighted by atomic mass is 32.2. The first kappa shape index (κ1) is 16.1. The van der Waals surface area contributed by atoms with E-state index in [0.717, 1.165) is 16.0 Å². The van der Waals surface area contributed by atoms with Crippen molar-refractivity contribution in [2.75, 3.05) is 6.26 Å². The molecule has 0 saturated carbocycles. The van der Waals surface area contributed by atoms with Gasteiger partial charge in [-0.25, -0.2) is 13.4 Å². The van der Waals surface area contributed by atoms with Crippen LogP contribution in [-0.4, -0.2) is 26.4 Å². The first-order valence-electron chi connectivity index (χ1n) is 7.14. The normalized spacial score (nSPS) is 20.4. The summed E-state index contributed by atoms with van der Waals surface area (Å²) in [4.78, 5) is 5.45. The molecule has 0 fully saturated rings. The summed E-state index contributed by atoms with van der Waals surface area (Å²) < 4.78 is 31.2. The molecule has 1 heterocycles. The zero-order chi connectivity index (χ0) is 16.4. The molecule has 3 rings (SSSR count). The standard InChI is InChI=1S/C17H17NO3S2/c1-12-3-9-15(10-4-12)23(19,20)17-16(21-11-18-17)13-5-7-14(22-2)8-6-13/h3-11,16-17H,1-2H3. The highest BCUT2D eigenvalue weighted by Gasteiger charge is 2.39. The van der Waals surface area contributed by atoms with Gasteiger partial charge in [-0.05, 0) is 43.0 Å². The number of sulfone groups is 1. The summed E-state index contributed by atoms with van der Waals surface area (Å²) in [5.41, 5.74) is 1.82. The first-order valence-corrected chi connectivity index (χ1v) is 9.91. The SMILES string of the molecule is CSc1ccc(C2OC=NC2S(=O)(=O)c2ccc(C)cc2)cc1. The summed E-state index contributed by atoms with van der Waals surface area (Å²) in [5, 5.41) is -0.953. The van der Waals surface area contributed by atoms with Crippen LogP contribution in [0.4, 0.5) is 0 Å². The van der Waals surface area contributed by atoms with Gasteiger partial charge in [-0.3, -0.25) is 0 Å². The second-order valence-corrected chi connectivity index (χ2v) is 8.26. The third-order valence-electron chi connectivity index (χ3n) is 3.79. The number of hydrogen-bond donors (Lipinski definition) is 0. The van der Waals surface area contributed by atoms with E-state index >= 15 is 0 Å². The number of benzene rings is 2. The van der Waals surface area contributed by atoms with Crippen LogP contribution in [0.1, 0.15) is 17.2 Å². The number of rotatable bonds is 4. The Morgan fingerprint density at radius 1 is 1.04 bits per heavy atom. The molecule has 4 nitrogen and oxygen atoms in total. The van der Waals surface area contributed by atoms with Crippen molar-refractivity contribution in [1.29, 1.82) is 0 Å². The van der Waals surface area contributed by atoms with Crippen LogP contribution in [0.2, 0.25) is 0 Å². The van der Waals surface area contributed by atoms with Crippen LogP contribution in [0.3, 0.4) is 0 Å². The minimum absolute atomic E-state index is 0.265. The molecule has 0 aromatic heterocycles. The molecule has 23 heavy (non-hydrogen) atoms. The predicted octanol–water partition coefficient (Wildman–Crippen LogP) is 3.62. The Labute approximate surface area is 140 Å². The summed E-state index contributed by atoms with van der Waals surface area (Å²) in [6.07, 6.45) is 2.62. The topological polar surface area (TPSA) is 55.7 Å². The molecule has 2 atom stereocenters. The summed E-state index contributed by atoms with van der Waals surface area (Å²) in [7, 11) is -3.60. The molecule has 120 valence electrons. The van der Waals surface area contributed by atoms with Crippen LogP contribution in [0.15, 0.2) is 63.3 Å². The van der Waals surface area contributed by atoms with E-state index in [4.69, 9.17) is 4.74 Å². The number of aryl methyl sites for hydroxylation is 1. The van der Waals surface area contributed by atoms with Crippen molar-refractivity contribution in [2.45, 2.75) is 28.2 Å². The lowest BCUT2D eigenvalue weighted by Crippen LogP contribution is -2.24. The molecule has 1 aliphatic heterocycles. The van der Waals surface area contributed by atoms with Gasteiger partial charge in [0.15, 0.2) is 17.9 Å². The van der Waals surface area contributed by atoms with Crippen LogP contribution >= 0.6 is 11.8 Å². The lowest BCUT2D eigenvalue weighted by atomic mass is 10.1. The van der Waals surface area contributed by atoms with Gasteiger partial charge < -0.3 is 4.74 Å². The molecule has 2 aromatic carbocycles. The summed E-state index contributed by atoms with van der Waals surface area (Å²) in [5.74, 6) is 0. The van der Waals surface area contributed by atoms with Crippen LogP contribution in [-0.2, 0) is 14.6 Å². The van der Waals surface area contributed by atoms with Gasteiger partial charge in [-0.15, -0.1) is 11.8 Å². The molecule has 0 aliphatic carbocycles. The molecule has 1 aliphatic rings. The van der Waals surface area contributed by atoms with Gasteiger partial charge >= 0.3 is 0 Å². The van der Waals surface area contributed by atoms with Crippen molar-refractivity contribution < 1.29 is 13.2 Å². The van der Waals surface area contributed by atoms with Gasteiger partial charge in [-0.2, -0.15) is 0 Å². The summed E-state index contributed by atoms with van der Waals surface area (Å²) in [6, 6.07) is 14.5. The fraction of sp³-hybridized carbons (Fsp3) is 0.235. The van der Waals surface area contributed by atoms with Crippen molar-refractivity contribution in [1.82, 2.24) is 0 Å². The maximum Gasteiger partial charge on any atom is 0.205 e. The van der Waals surface area contributed by atoms with E-state index in [1.165, 1.54) is 6.40 Å². The zero-order valence-corrected chi connectivity index (χ0v) is 14.5. The van der Waals surface area contributed by atoms with Crippen molar-refractivity contribution in [3.63, 3.8) is 0 Å². The second-order valence-electron chi connectivity index (χ2n) is 5.33. The van der Waals surface area contributed by atoms with E-state index in [2.05, 4.69) is 4.99 Å². The van der Waals surface area contributed by atoms with E-state index < -0.39 is 21.3 Å². The number of thioether (sulfide) groups is 1. The van der Waals surface area contributed by atoms with Crippen molar-refractivity contribution in [3.8, 4) is 0 Å². The quantitative estimate of drug-likeness (QED) is 0.793. The Hall–Kier alpha value is -1.79. The molecule has 0 radical (unpaired) electrons. The van der Waals surface area contributed by atoms with Crippen LogP contribution in [0, 0.1) is 6.92 Å². The lowest BCUT2D eigenvalue weighted by molar-refractivity contribution is 0.227. The monoisotopic (exact) mass is 347 g/mol. The highest BCUT2D eigenvalue weighted by Crippen LogP contribution is 2.34. The van der Waals surface area contributed by atoms with Gasteiger partial charge in [-0.1, -0.05) is 29.8 Å². The van der Waals surface area contributed by atoms with Gasteiger partial charge in [0.05, 0.1) is 4.90 Å². The third kappa shape index (κ3) is 3.14. The average Bonchev–Trinajstić information content (AvgIpc) is 3.06. The lowest BCUT2D eigenvalue weighted by Gasteiger charge is -2.18. The Morgan fingerprint density at radius 3 is 2.30 bits per heavy atom. The second kappa shape index (κ2) is 6.37. The van der Waals surface area contributed by atoms with E-state index in [9.17, 15) is 8.42 Å². The number of hydrogen-bond acceptors (Lipinski definition) is 5. The van der Waals surface area contributed by atoms with Crippen LogP contribution in [0.5, 0.6) is 0 Å². The third-order valence-corrected chi connectivity index (χ3v) is 6.46. The molecular weight excluding hydrogens is 330 g/mol. The van der Waals surface area contributed by atoms with Crippen LogP contribution < -0.4 is 0 Å². The molecule has 0 spiro atoms. The molecule has 0 amide bonds. The molecule has 2 unspecified atom stereocenters. The maximum atomic E-state index is 12.9. The van der Waals surface area contributed by atoms with Crippen molar-refractivity contribution in [3.05, 3.63) is 59.7 Å². The fourth-order valence-electron chi connectivity index (χ4n) is 2.45. The minimum atomic E-state index is -3.60. The molecular formula is C17H17NO3S2. The Morgan fingerprint density at radius 2 is 1.70 bits per heavy atom. The van der Waals surface area contributed by atoms with Crippen molar-refractivity contribution >= 4 is 28.0 Å². The molecule has 0 bridgehead atoms. The molecule has 6 heteroatoms. The Balaban J connectivity index is 1.93. The fourth-order valence-corrected chi connectivity index (χ4v) is 4.41. The smallest absolute Gasteiger partial charge is 0.205 e. The predicted molar refractivity (Wildman–Crippen MR) is 92.7 cm³/mol. The van der Waals surface area contributed by atoms with Crippen molar-refractivity contribution in [2.24, 2.45) is 4.99 Å². The number of nitrogens with zero attached hydrogens (tertiary/aromatic N) is 1. The van der Waals surface area contributed by atoms with E-state index in [-0.39, 0.29) is 4.90 Å². The Bertz CT molecular complexity index is 812. The van der Waals surface area contributed by atoms with E-state index in [1.54, 1.807) is 36.0 Å². The summed E-state index contributed by atoms with van der Waals surface area (Å²) in [6.45, 7) is 1.92. The van der Waals surface area contributed by atoms with Crippen LogP contribution in [0.25, 0.3) is 0 Å². The highest BCUT2D eigenvalue weighted by molar-refractivity contribution is 7.98. The molecule has 0 saturated heterocycles. The maximum absolute atomic E-state index is 12.9. The number of ether oxygens (including phenoxy) is 1. The largest absolute Gasteiger partial charge is 0.472 e. The van der Waals surface area contributed by atoms with E-state index in [1.807, 2.05) is 37.4 Å². The molecule has 0 N–H and O–H groups in total. The minimum Gasteiger partial charge on any atom is -0.472 e. The summed E-state index contributed by atoms with van der Waals surface area (Å²) >= 11 is 1.63. The Kier molecular flexibility index (Phi) is 4.46. The van der Waals surface area contributed by atoms with Gasteiger partial charge in [0.2, 0.25) is 9.84 Å². The van der Waals surface area contributed by atoms with E-state index in [0.29, 0.717) is 0 Å². The van der Waals surface area contributed by atoms with Gasteiger partial charge in [0, 0.05) is 4.90 Å². The zero-order valence-electron chi connectivity index (χ0n) is 12.8. The number of aliphatic imine (C=N–C) groups is 1. The first-order chi connectivity index (χ1) is 11.0. The van der Waals surface area contributed by atoms with Gasteiger partial charge in [0.25, 0.3) is 0 Å². The van der Waals surface area contributed by atoms with Gasteiger partial charge in [0.1, 0.15) is 0 Å².